The second kappa shape index (κ2) is 7.98. The summed E-state index contributed by atoms with van der Waals surface area (Å²) in [6, 6.07) is 11.8. The fraction of sp³-hybridized carbons (Fsp3) is 0.300. The number of hydrogen-bond acceptors (Lipinski definition) is 8. The Morgan fingerprint density at radius 1 is 1.14 bits per heavy atom. The van der Waals surface area contributed by atoms with Crippen molar-refractivity contribution >= 4 is 22.7 Å². The Kier molecular flexibility index (Phi) is 4.89. The molecule has 9 heteroatoms. The van der Waals surface area contributed by atoms with Crippen LogP contribution in [0.15, 0.2) is 59.7 Å². The number of anilines is 2. The smallest absolute Gasteiger partial charge is 0.183 e. The Morgan fingerprint density at radius 2 is 2.07 bits per heavy atom. The fourth-order valence-corrected chi connectivity index (χ4v) is 3.53. The number of hydrogen-bond donors (Lipinski definition) is 1. The standard InChI is InChI=1S/C20H21N7O2/c1-2-4-16(5-3-1)23-19-18-20(22-14-21-19)27(25-24-18)12-17-11-26(7-9-29-17)10-15-6-8-28-13-15/h1-6,8,13-14,17H,7,9-12H2,(H,21,22,23). The molecule has 4 heterocycles. The van der Waals surface area contributed by atoms with E-state index in [4.69, 9.17) is 9.15 Å². The molecule has 1 aliphatic heterocycles. The predicted octanol–water partition coefficient (Wildman–Crippen LogP) is 2.46. The second-order valence-electron chi connectivity index (χ2n) is 7.02. The number of nitrogens with one attached hydrogen (secondary N) is 1. The molecule has 0 amide bonds. The molecule has 0 radical (unpaired) electrons. The van der Waals surface area contributed by atoms with Gasteiger partial charge in [-0.1, -0.05) is 23.4 Å². The van der Waals surface area contributed by atoms with E-state index in [-0.39, 0.29) is 6.10 Å². The van der Waals surface area contributed by atoms with Crippen LogP contribution in [0.3, 0.4) is 0 Å². The number of morpholine rings is 1. The molecule has 1 atom stereocenters. The van der Waals surface area contributed by atoms with Crippen LogP contribution < -0.4 is 5.32 Å². The van der Waals surface area contributed by atoms with Crippen molar-refractivity contribution in [3.8, 4) is 0 Å². The molecule has 148 valence electrons. The molecule has 1 unspecified atom stereocenters. The summed E-state index contributed by atoms with van der Waals surface area (Å²) in [6.45, 7) is 3.83. The molecule has 1 aliphatic rings. The van der Waals surface area contributed by atoms with E-state index in [0.717, 1.165) is 25.3 Å². The second-order valence-corrected chi connectivity index (χ2v) is 7.02. The summed E-state index contributed by atoms with van der Waals surface area (Å²) >= 11 is 0. The number of nitrogens with zero attached hydrogens (tertiary/aromatic N) is 6. The van der Waals surface area contributed by atoms with Crippen molar-refractivity contribution in [3.05, 3.63) is 60.8 Å². The lowest BCUT2D eigenvalue weighted by Crippen LogP contribution is -2.43. The summed E-state index contributed by atoms with van der Waals surface area (Å²) in [5.74, 6) is 0.638. The number of para-hydroxylation sites is 1. The largest absolute Gasteiger partial charge is 0.472 e. The SMILES string of the molecule is c1ccc(Nc2ncnc3c2nnn3CC2CN(Cc3ccoc3)CCO2)cc1. The van der Waals surface area contributed by atoms with Crippen LogP contribution in [0.4, 0.5) is 11.5 Å². The van der Waals surface area contributed by atoms with Gasteiger partial charge in [0.15, 0.2) is 17.0 Å². The third-order valence-corrected chi connectivity index (χ3v) is 4.92. The quantitative estimate of drug-likeness (QED) is 0.536. The first kappa shape index (κ1) is 17.8. The number of benzene rings is 1. The first-order valence-corrected chi connectivity index (χ1v) is 9.56. The highest BCUT2D eigenvalue weighted by Gasteiger charge is 2.23. The Labute approximate surface area is 167 Å². The van der Waals surface area contributed by atoms with E-state index in [0.29, 0.717) is 30.1 Å². The average Bonchev–Trinajstić information content (AvgIpc) is 3.40. The van der Waals surface area contributed by atoms with E-state index < -0.39 is 0 Å². The van der Waals surface area contributed by atoms with Crippen LogP contribution in [0, 0.1) is 0 Å². The summed E-state index contributed by atoms with van der Waals surface area (Å²) in [7, 11) is 0. The molecule has 0 saturated carbocycles. The average molecular weight is 391 g/mol. The van der Waals surface area contributed by atoms with Gasteiger partial charge in [-0.25, -0.2) is 14.6 Å². The van der Waals surface area contributed by atoms with Crippen LogP contribution >= 0.6 is 0 Å². The van der Waals surface area contributed by atoms with Gasteiger partial charge in [-0.3, -0.25) is 4.90 Å². The lowest BCUT2D eigenvalue weighted by atomic mass is 10.2. The molecule has 1 N–H and O–H groups in total. The van der Waals surface area contributed by atoms with Crippen molar-refractivity contribution in [1.82, 2.24) is 29.9 Å². The van der Waals surface area contributed by atoms with Crippen LogP contribution in [-0.2, 0) is 17.8 Å². The van der Waals surface area contributed by atoms with E-state index in [1.807, 2.05) is 36.4 Å². The maximum absolute atomic E-state index is 5.96. The van der Waals surface area contributed by atoms with Crippen LogP contribution in [0.1, 0.15) is 5.56 Å². The molecular formula is C20H21N7O2. The van der Waals surface area contributed by atoms with Gasteiger partial charge >= 0.3 is 0 Å². The summed E-state index contributed by atoms with van der Waals surface area (Å²) in [6.07, 6.45) is 5.03. The van der Waals surface area contributed by atoms with Crippen LogP contribution in [0.2, 0.25) is 0 Å². The highest BCUT2D eigenvalue weighted by Crippen LogP contribution is 2.21. The summed E-state index contributed by atoms with van der Waals surface area (Å²) < 4.78 is 12.9. The molecule has 1 saturated heterocycles. The van der Waals surface area contributed by atoms with E-state index in [9.17, 15) is 0 Å². The molecular weight excluding hydrogens is 370 g/mol. The topological polar surface area (TPSA) is 94.1 Å². The van der Waals surface area contributed by atoms with Crippen molar-refractivity contribution in [2.75, 3.05) is 25.0 Å². The van der Waals surface area contributed by atoms with Gasteiger partial charge in [-0.2, -0.15) is 0 Å². The molecule has 4 aromatic rings. The highest BCUT2D eigenvalue weighted by atomic mass is 16.5. The van der Waals surface area contributed by atoms with E-state index in [1.54, 1.807) is 17.2 Å². The van der Waals surface area contributed by atoms with Crippen molar-refractivity contribution in [2.45, 2.75) is 19.2 Å². The zero-order valence-electron chi connectivity index (χ0n) is 15.8. The normalized spacial score (nSPS) is 17.6. The van der Waals surface area contributed by atoms with Gasteiger partial charge in [0.2, 0.25) is 0 Å². The molecule has 3 aromatic heterocycles. The van der Waals surface area contributed by atoms with Gasteiger partial charge in [-0.05, 0) is 18.2 Å². The van der Waals surface area contributed by atoms with Gasteiger partial charge in [0.05, 0.1) is 31.8 Å². The Hall–Kier alpha value is -3.30. The molecule has 0 aliphatic carbocycles. The monoisotopic (exact) mass is 391 g/mol. The summed E-state index contributed by atoms with van der Waals surface area (Å²) in [4.78, 5) is 11.1. The Balaban J connectivity index is 1.31. The maximum atomic E-state index is 5.96. The van der Waals surface area contributed by atoms with Crippen molar-refractivity contribution in [1.29, 1.82) is 0 Å². The van der Waals surface area contributed by atoms with Crippen LogP contribution in [0.5, 0.6) is 0 Å². The molecule has 9 nitrogen and oxygen atoms in total. The lowest BCUT2D eigenvalue weighted by Gasteiger charge is -2.32. The van der Waals surface area contributed by atoms with E-state index in [2.05, 4.69) is 30.5 Å². The molecule has 1 aromatic carbocycles. The zero-order valence-corrected chi connectivity index (χ0v) is 15.8. The van der Waals surface area contributed by atoms with Crippen molar-refractivity contribution < 1.29 is 9.15 Å². The molecule has 0 spiro atoms. The first-order valence-electron chi connectivity index (χ1n) is 9.56. The third kappa shape index (κ3) is 3.96. The number of furan rings is 1. The zero-order chi connectivity index (χ0) is 19.5. The Morgan fingerprint density at radius 3 is 2.93 bits per heavy atom. The minimum Gasteiger partial charge on any atom is -0.472 e. The third-order valence-electron chi connectivity index (χ3n) is 4.92. The highest BCUT2D eigenvalue weighted by molar-refractivity contribution is 5.84. The number of fused-ring (bicyclic) bond motifs is 1. The molecule has 0 bridgehead atoms. The van der Waals surface area contributed by atoms with Crippen molar-refractivity contribution in [3.63, 3.8) is 0 Å². The number of aromatic nitrogens is 5. The van der Waals surface area contributed by atoms with E-state index in [1.165, 1.54) is 11.9 Å². The summed E-state index contributed by atoms with van der Waals surface area (Å²) in [5.41, 5.74) is 3.44. The van der Waals surface area contributed by atoms with Gasteiger partial charge in [-0.15, -0.1) is 5.10 Å². The van der Waals surface area contributed by atoms with Gasteiger partial charge in [0.25, 0.3) is 0 Å². The lowest BCUT2D eigenvalue weighted by molar-refractivity contribution is -0.0400. The van der Waals surface area contributed by atoms with Crippen LogP contribution in [0.25, 0.3) is 11.2 Å². The fourth-order valence-electron chi connectivity index (χ4n) is 3.53. The first-order chi connectivity index (χ1) is 14.3. The van der Waals surface area contributed by atoms with E-state index >= 15 is 0 Å². The summed E-state index contributed by atoms with van der Waals surface area (Å²) in [5, 5.41) is 11.9. The number of ether oxygens (including phenoxy) is 1. The maximum Gasteiger partial charge on any atom is 0.183 e. The van der Waals surface area contributed by atoms with Crippen LogP contribution in [-0.4, -0.2) is 55.7 Å². The number of rotatable bonds is 6. The molecule has 1 fully saturated rings. The van der Waals surface area contributed by atoms with Gasteiger partial charge < -0.3 is 14.5 Å². The molecule has 5 rings (SSSR count). The van der Waals surface area contributed by atoms with Gasteiger partial charge in [0, 0.05) is 30.9 Å². The Bertz CT molecular complexity index is 1070. The predicted molar refractivity (Wildman–Crippen MR) is 107 cm³/mol. The minimum absolute atomic E-state index is 0.0149. The van der Waals surface area contributed by atoms with Crippen molar-refractivity contribution in [2.24, 2.45) is 0 Å². The minimum atomic E-state index is 0.0149. The van der Waals surface area contributed by atoms with Gasteiger partial charge in [0.1, 0.15) is 6.33 Å². The molecule has 29 heavy (non-hydrogen) atoms.